The highest BCUT2D eigenvalue weighted by Crippen LogP contribution is 2.18. The maximum Gasteiger partial charge on any atom is 0.253 e. The van der Waals surface area contributed by atoms with Crippen LogP contribution in [0.5, 0.6) is 0 Å². The molecule has 1 rings (SSSR count). The molecule has 1 amide bonds. The minimum atomic E-state index is -0.675. The second-order valence-electron chi connectivity index (χ2n) is 3.27. The smallest absolute Gasteiger partial charge is 0.253 e. The van der Waals surface area contributed by atoms with Crippen LogP contribution in [0.25, 0.3) is 0 Å². The van der Waals surface area contributed by atoms with Gasteiger partial charge in [-0.1, -0.05) is 15.9 Å². The van der Waals surface area contributed by atoms with Crippen molar-refractivity contribution in [1.29, 1.82) is 0 Å². The van der Waals surface area contributed by atoms with E-state index in [1.54, 1.807) is 18.2 Å². The number of anilines is 1. The van der Waals surface area contributed by atoms with Gasteiger partial charge in [0.25, 0.3) is 5.91 Å². The summed E-state index contributed by atoms with van der Waals surface area (Å²) < 4.78 is 0.733. The number of nitrogen functional groups attached to an aromatic ring is 1. The van der Waals surface area contributed by atoms with E-state index < -0.39 is 11.9 Å². The molecule has 0 unspecified atom stereocenters. The Morgan fingerprint density at radius 3 is 2.62 bits per heavy atom. The molecule has 0 saturated carbocycles. The number of amides is 1. The van der Waals surface area contributed by atoms with Crippen molar-refractivity contribution in [2.24, 2.45) is 0 Å². The third kappa shape index (κ3) is 3.19. The number of carbonyl (C=O) groups excluding carboxylic acids is 1. The zero-order chi connectivity index (χ0) is 12.1. The fourth-order valence-corrected chi connectivity index (χ4v) is 1.50. The van der Waals surface area contributed by atoms with E-state index in [0.717, 1.165) is 4.47 Å². The van der Waals surface area contributed by atoms with Crippen LogP contribution in [-0.4, -0.2) is 35.4 Å². The van der Waals surface area contributed by atoms with Crippen LogP contribution in [0, 0.1) is 0 Å². The van der Waals surface area contributed by atoms with Crippen molar-refractivity contribution >= 4 is 27.5 Å². The molecule has 0 radical (unpaired) electrons. The summed E-state index contributed by atoms with van der Waals surface area (Å²) in [5, 5.41) is 20.1. The van der Waals surface area contributed by atoms with E-state index in [1.165, 1.54) is 0 Å². The highest BCUT2D eigenvalue weighted by Gasteiger charge is 2.14. The Morgan fingerprint density at radius 2 is 2.06 bits per heavy atom. The summed E-state index contributed by atoms with van der Waals surface area (Å²) in [7, 11) is 0. The van der Waals surface area contributed by atoms with E-state index in [-0.39, 0.29) is 13.2 Å². The maximum absolute atomic E-state index is 11.7. The Morgan fingerprint density at radius 1 is 1.44 bits per heavy atom. The van der Waals surface area contributed by atoms with Crippen molar-refractivity contribution in [3.63, 3.8) is 0 Å². The van der Waals surface area contributed by atoms with Crippen LogP contribution in [0.2, 0.25) is 0 Å². The van der Waals surface area contributed by atoms with E-state index in [4.69, 9.17) is 15.9 Å². The number of aliphatic hydroxyl groups excluding tert-OH is 2. The molecule has 88 valence electrons. The average Bonchev–Trinajstić information content (AvgIpc) is 2.28. The molecule has 5 N–H and O–H groups in total. The molecule has 0 bridgehead atoms. The maximum atomic E-state index is 11.7. The second-order valence-corrected chi connectivity index (χ2v) is 4.18. The zero-order valence-corrected chi connectivity index (χ0v) is 10.1. The van der Waals surface area contributed by atoms with Crippen LogP contribution in [-0.2, 0) is 0 Å². The summed E-state index contributed by atoms with van der Waals surface area (Å²) in [6.45, 7) is -0.647. The van der Waals surface area contributed by atoms with Crippen molar-refractivity contribution in [2.45, 2.75) is 6.04 Å². The van der Waals surface area contributed by atoms with Crippen molar-refractivity contribution in [3.8, 4) is 0 Å². The van der Waals surface area contributed by atoms with Crippen LogP contribution in [0.3, 0.4) is 0 Å². The van der Waals surface area contributed by atoms with Crippen LogP contribution >= 0.6 is 15.9 Å². The minimum absolute atomic E-state index is 0.307. The molecule has 1 aromatic carbocycles. The van der Waals surface area contributed by atoms with Gasteiger partial charge in [0.05, 0.1) is 24.8 Å². The highest BCUT2D eigenvalue weighted by atomic mass is 79.9. The van der Waals surface area contributed by atoms with Gasteiger partial charge in [0.15, 0.2) is 0 Å². The van der Waals surface area contributed by atoms with Gasteiger partial charge in [-0.2, -0.15) is 0 Å². The number of halogens is 1. The molecule has 0 atom stereocenters. The minimum Gasteiger partial charge on any atom is -0.398 e. The van der Waals surface area contributed by atoms with E-state index in [9.17, 15) is 4.79 Å². The lowest BCUT2D eigenvalue weighted by Gasteiger charge is -2.14. The van der Waals surface area contributed by atoms with Crippen LogP contribution < -0.4 is 11.1 Å². The first-order valence-corrected chi connectivity index (χ1v) is 5.45. The first-order chi connectivity index (χ1) is 7.58. The summed E-state index contributed by atoms with van der Waals surface area (Å²) in [5.74, 6) is -0.424. The normalized spacial score (nSPS) is 10.5. The molecule has 0 heterocycles. The lowest BCUT2D eigenvalue weighted by Crippen LogP contribution is -2.40. The number of hydrogen-bond donors (Lipinski definition) is 4. The Bertz CT molecular complexity index is 380. The molecular weight excluding hydrogens is 276 g/mol. The third-order valence-electron chi connectivity index (χ3n) is 2.04. The molecule has 0 saturated heterocycles. The lowest BCUT2D eigenvalue weighted by molar-refractivity contribution is 0.0880. The molecule has 0 aromatic heterocycles. The van der Waals surface area contributed by atoms with Gasteiger partial charge in [-0.15, -0.1) is 0 Å². The van der Waals surface area contributed by atoms with Gasteiger partial charge in [0, 0.05) is 10.2 Å². The number of hydrogen-bond acceptors (Lipinski definition) is 4. The van der Waals surface area contributed by atoms with Gasteiger partial charge in [-0.05, 0) is 18.2 Å². The largest absolute Gasteiger partial charge is 0.398 e. The Balaban J connectivity index is 2.83. The topological polar surface area (TPSA) is 95.6 Å². The molecule has 0 spiro atoms. The predicted octanol–water partition coefficient (Wildman–Crippen LogP) is 0.114. The number of rotatable bonds is 4. The van der Waals surface area contributed by atoms with Crippen molar-refractivity contribution < 1.29 is 15.0 Å². The van der Waals surface area contributed by atoms with E-state index in [0.29, 0.717) is 11.3 Å². The molecular formula is C10H13BrN2O3. The number of aliphatic hydroxyl groups is 2. The Kier molecular flexibility index (Phi) is 4.72. The Labute approximate surface area is 101 Å². The first-order valence-electron chi connectivity index (χ1n) is 4.66. The Hall–Kier alpha value is -1.11. The zero-order valence-electron chi connectivity index (χ0n) is 8.48. The second kappa shape index (κ2) is 5.83. The number of nitrogens with one attached hydrogen (secondary N) is 1. The molecule has 0 aliphatic rings. The molecule has 0 aliphatic carbocycles. The van der Waals surface area contributed by atoms with Gasteiger partial charge >= 0.3 is 0 Å². The highest BCUT2D eigenvalue weighted by molar-refractivity contribution is 9.10. The van der Waals surface area contributed by atoms with E-state index >= 15 is 0 Å². The van der Waals surface area contributed by atoms with Crippen LogP contribution in [0.15, 0.2) is 22.7 Å². The van der Waals surface area contributed by atoms with Crippen LogP contribution in [0.1, 0.15) is 10.4 Å². The summed E-state index contributed by atoms with van der Waals surface area (Å²) >= 11 is 3.23. The summed E-state index contributed by atoms with van der Waals surface area (Å²) in [6, 6.07) is 4.23. The third-order valence-corrected chi connectivity index (χ3v) is 2.53. The fraction of sp³-hybridized carbons (Fsp3) is 0.300. The standard InChI is InChI=1S/C10H13BrN2O3/c11-6-1-2-9(12)8(3-6)10(16)13-7(4-14)5-15/h1-3,7,14-15H,4-5,12H2,(H,13,16). The van der Waals surface area contributed by atoms with Crippen LogP contribution in [0.4, 0.5) is 5.69 Å². The van der Waals surface area contributed by atoms with Crippen molar-refractivity contribution in [2.75, 3.05) is 18.9 Å². The SMILES string of the molecule is Nc1ccc(Br)cc1C(=O)NC(CO)CO. The van der Waals surface area contributed by atoms with Gasteiger partial charge < -0.3 is 21.3 Å². The molecule has 1 aromatic rings. The van der Waals surface area contributed by atoms with Gasteiger partial charge in [0.1, 0.15) is 0 Å². The molecule has 5 nitrogen and oxygen atoms in total. The first kappa shape index (κ1) is 13.0. The lowest BCUT2D eigenvalue weighted by atomic mass is 10.1. The summed E-state index contributed by atoms with van der Waals surface area (Å²) in [5.41, 5.74) is 6.29. The monoisotopic (exact) mass is 288 g/mol. The van der Waals surface area contributed by atoms with E-state index in [2.05, 4.69) is 21.2 Å². The predicted molar refractivity (Wildman–Crippen MR) is 64.0 cm³/mol. The van der Waals surface area contributed by atoms with E-state index in [1.807, 2.05) is 0 Å². The number of nitrogens with two attached hydrogens (primary N) is 1. The molecule has 6 heteroatoms. The fourth-order valence-electron chi connectivity index (χ4n) is 1.14. The number of benzene rings is 1. The molecule has 16 heavy (non-hydrogen) atoms. The molecule has 0 aliphatic heterocycles. The van der Waals surface area contributed by atoms with Gasteiger partial charge in [-0.3, -0.25) is 4.79 Å². The number of carbonyl (C=O) groups is 1. The quantitative estimate of drug-likeness (QED) is 0.592. The summed E-state index contributed by atoms with van der Waals surface area (Å²) in [6.07, 6.45) is 0. The summed E-state index contributed by atoms with van der Waals surface area (Å²) in [4.78, 5) is 11.7. The molecule has 0 fully saturated rings. The van der Waals surface area contributed by atoms with Gasteiger partial charge in [-0.25, -0.2) is 0 Å². The average molecular weight is 289 g/mol. The van der Waals surface area contributed by atoms with Crippen molar-refractivity contribution in [3.05, 3.63) is 28.2 Å². The van der Waals surface area contributed by atoms with Gasteiger partial charge in [0.2, 0.25) is 0 Å². The van der Waals surface area contributed by atoms with Crippen molar-refractivity contribution in [1.82, 2.24) is 5.32 Å².